The summed E-state index contributed by atoms with van der Waals surface area (Å²) >= 11 is 0. The molecule has 1 aromatic rings. The Labute approximate surface area is 98.6 Å². The Hall–Kier alpha value is -1.75. The van der Waals surface area contributed by atoms with Gasteiger partial charge < -0.3 is 19.7 Å². The highest BCUT2D eigenvalue weighted by Gasteiger charge is 2.24. The van der Waals surface area contributed by atoms with Gasteiger partial charge in [0.05, 0.1) is 0 Å². The first-order chi connectivity index (χ1) is 8.02. The summed E-state index contributed by atoms with van der Waals surface area (Å²) in [5, 5.41) is 18.4. The van der Waals surface area contributed by atoms with Crippen molar-refractivity contribution in [2.24, 2.45) is 0 Å². The molecule has 0 saturated heterocycles. The van der Waals surface area contributed by atoms with Crippen LogP contribution in [0, 0.1) is 13.8 Å². The zero-order valence-electron chi connectivity index (χ0n) is 9.69. The molecule has 0 aromatic heterocycles. The highest BCUT2D eigenvalue weighted by atomic mass is 16.6. The minimum atomic E-state index is -1.54. The van der Waals surface area contributed by atoms with Crippen LogP contribution < -0.4 is 9.47 Å². The van der Waals surface area contributed by atoms with Gasteiger partial charge in [-0.05, 0) is 36.6 Å². The Kier molecular flexibility index (Phi) is 2.93. The number of benzene rings is 1. The average Bonchev–Trinajstić information content (AvgIpc) is 2.33. The van der Waals surface area contributed by atoms with Crippen LogP contribution in [0.2, 0.25) is 0 Å². The third-order valence-electron chi connectivity index (χ3n) is 2.96. The molecule has 0 spiro atoms. The molecular formula is C12H14O5. The monoisotopic (exact) mass is 238 g/mol. The standard InChI is InChI=1S/C12H14O5/c1-6-7(2)11-9(16-3-4-17-11)5-8(6)10(13)12(14)15/h5,10,13H,3-4H2,1-2H3,(H,14,15). The molecule has 0 radical (unpaired) electrons. The second-order valence-corrected chi connectivity index (χ2v) is 3.98. The van der Waals surface area contributed by atoms with Gasteiger partial charge in [0.2, 0.25) is 0 Å². The van der Waals surface area contributed by atoms with Crippen molar-refractivity contribution in [3.8, 4) is 11.5 Å². The molecule has 92 valence electrons. The minimum absolute atomic E-state index is 0.347. The maximum absolute atomic E-state index is 10.8. The Bertz CT molecular complexity index is 466. The summed E-state index contributed by atoms with van der Waals surface area (Å²) in [7, 11) is 0. The lowest BCUT2D eigenvalue weighted by Gasteiger charge is -2.23. The van der Waals surface area contributed by atoms with Crippen LogP contribution in [0.3, 0.4) is 0 Å². The SMILES string of the molecule is Cc1c(C(O)C(=O)O)cc2c(c1C)OCCO2. The molecule has 1 aromatic carbocycles. The molecule has 5 nitrogen and oxygen atoms in total. The first-order valence-electron chi connectivity index (χ1n) is 5.33. The Morgan fingerprint density at radius 2 is 1.94 bits per heavy atom. The van der Waals surface area contributed by atoms with Crippen molar-refractivity contribution in [3.05, 3.63) is 22.8 Å². The van der Waals surface area contributed by atoms with Crippen LogP contribution in [0.15, 0.2) is 6.07 Å². The van der Waals surface area contributed by atoms with E-state index >= 15 is 0 Å². The molecular weight excluding hydrogens is 224 g/mol. The molecule has 5 heteroatoms. The molecule has 0 aliphatic carbocycles. The molecule has 0 fully saturated rings. The van der Waals surface area contributed by atoms with Crippen molar-refractivity contribution in [1.82, 2.24) is 0 Å². The van der Waals surface area contributed by atoms with Gasteiger partial charge in [-0.2, -0.15) is 0 Å². The lowest BCUT2D eigenvalue weighted by atomic mass is 9.97. The molecule has 1 atom stereocenters. The van der Waals surface area contributed by atoms with E-state index in [0.29, 0.717) is 35.8 Å². The summed E-state index contributed by atoms with van der Waals surface area (Å²) in [4.78, 5) is 10.8. The lowest BCUT2D eigenvalue weighted by molar-refractivity contribution is -0.147. The number of carboxylic acids is 1. The predicted molar refractivity (Wildman–Crippen MR) is 59.5 cm³/mol. The second kappa shape index (κ2) is 4.25. The summed E-state index contributed by atoms with van der Waals surface area (Å²) < 4.78 is 10.9. The van der Waals surface area contributed by atoms with Crippen molar-refractivity contribution in [1.29, 1.82) is 0 Å². The third-order valence-corrected chi connectivity index (χ3v) is 2.96. The fourth-order valence-electron chi connectivity index (χ4n) is 1.89. The van der Waals surface area contributed by atoms with E-state index in [1.165, 1.54) is 6.07 Å². The van der Waals surface area contributed by atoms with E-state index in [0.717, 1.165) is 5.56 Å². The summed E-state index contributed by atoms with van der Waals surface area (Å²) in [6, 6.07) is 1.54. The fourth-order valence-corrected chi connectivity index (χ4v) is 1.89. The number of hydrogen-bond donors (Lipinski definition) is 2. The van der Waals surface area contributed by atoms with Gasteiger partial charge in [-0.15, -0.1) is 0 Å². The lowest BCUT2D eigenvalue weighted by Crippen LogP contribution is -2.19. The van der Waals surface area contributed by atoms with Crippen LogP contribution in [0.4, 0.5) is 0 Å². The van der Waals surface area contributed by atoms with Crippen molar-refractivity contribution in [3.63, 3.8) is 0 Å². The number of ether oxygens (including phenoxy) is 2. The molecule has 1 aliphatic heterocycles. The van der Waals surface area contributed by atoms with E-state index in [1.807, 2.05) is 6.92 Å². The largest absolute Gasteiger partial charge is 0.486 e. The van der Waals surface area contributed by atoms with Gasteiger partial charge in [0.1, 0.15) is 13.2 Å². The molecule has 1 aliphatic rings. The topological polar surface area (TPSA) is 76.0 Å². The molecule has 1 unspecified atom stereocenters. The van der Waals surface area contributed by atoms with Crippen LogP contribution in [0.1, 0.15) is 22.8 Å². The van der Waals surface area contributed by atoms with Gasteiger partial charge in [-0.3, -0.25) is 0 Å². The van der Waals surface area contributed by atoms with Crippen LogP contribution in [0.25, 0.3) is 0 Å². The van der Waals surface area contributed by atoms with Crippen molar-refractivity contribution in [2.75, 3.05) is 13.2 Å². The third kappa shape index (κ3) is 1.93. The van der Waals surface area contributed by atoms with Crippen molar-refractivity contribution < 1.29 is 24.5 Å². The van der Waals surface area contributed by atoms with Gasteiger partial charge in [-0.25, -0.2) is 4.79 Å². The summed E-state index contributed by atoms with van der Waals surface area (Å²) in [6.07, 6.45) is -1.54. The quantitative estimate of drug-likeness (QED) is 0.809. The number of aliphatic hydroxyl groups is 1. The van der Waals surface area contributed by atoms with Gasteiger partial charge in [0.25, 0.3) is 0 Å². The van der Waals surface area contributed by atoms with E-state index in [9.17, 15) is 9.90 Å². The van der Waals surface area contributed by atoms with Crippen molar-refractivity contribution >= 4 is 5.97 Å². The number of rotatable bonds is 2. The second-order valence-electron chi connectivity index (χ2n) is 3.98. The van der Waals surface area contributed by atoms with E-state index in [-0.39, 0.29) is 0 Å². The first kappa shape index (κ1) is 11.7. The van der Waals surface area contributed by atoms with E-state index in [1.54, 1.807) is 6.92 Å². The van der Waals surface area contributed by atoms with E-state index in [4.69, 9.17) is 14.6 Å². The summed E-state index contributed by atoms with van der Waals surface area (Å²) in [6.45, 7) is 4.49. The maximum Gasteiger partial charge on any atom is 0.337 e. The Morgan fingerprint density at radius 3 is 2.59 bits per heavy atom. The molecule has 1 heterocycles. The Morgan fingerprint density at radius 1 is 1.29 bits per heavy atom. The molecule has 2 rings (SSSR count). The number of aliphatic hydroxyl groups excluding tert-OH is 1. The summed E-state index contributed by atoms with van der Waals surface area (Å²) in [5.74, 6) is -0.145. The molecule has 0 amide bonds. The number of carbonyl (C=O) groups is 1. The zero-order chi connectivity index (χ0) is 12.6. The summed E-state index contributed by atoms with van der Waals surface area (Å²) in [5.41, 5.74) is 1.86. The molecule has 2 N–H and O–H groups in total. The average molecular weight is 238 g/mol. The smallest absolute Gasteiger partial charge is 0.337 e. The molecule has 17 heavy (non-hydrogen) atoms. The highest BCUT2D eigenvalue weighted by Crippen LogP contribution is 2.39. The number of aliphatic carboxylic acids is 1. The van der Waals surface area contributed by atoms with Crippen LogP contribution in [-0.2, 0) is 4.79 Å². The van der Waals surface area contributed by atoms with E-state index in [2.05, 4.69) is 0 Å². The highest BCUT2D eigenvalue weighted by molar-refractivity contribution is 5.75. The van der Waals surface area contributed by atoms with Gasteiger partial charge >= 0.3 is 5.97 Å². The predicted octanol–water partition coefficient (Wildman–Crippen LogP) is 1.19. The molecule has 0 bridgehead atoms. The van der Waals surface area contributed by atoms with E-state index < -0.39 is 12.1 Å². The fraction of sp³-hybridized carbons (Fsp3) is 0.417. The van der Waals surface area contributed by atoms with Crippen LogP contribution in [0.5, 0.6) is 11.5 Å². The van der Waals surface area contributed by atoms with Crippen LogP contribution >= 0.6 is 0 Å². The van der Waals surface area contributed by atoms with Crippen molar-refractivity contribution in [2.45, 2.75) is 20.0 Å². The molecule has 0 saturated carbocycles. The minimum Gasteiger partial charge on any atom is -0.486 e. The van der Waals surface area contributed by atoms with Crippen LogP contribution in [-0.4, -0.2) is 29.4 Å². The van der Waals surface area contributed by atoms with Gasteiger partial charge in [-0.1, -0.05) is 0 Å². The number of hydrogen-bond acceptors (Lipinski definition) is 4. The number of carboxylic acid groups (broad SMARTS) is 1. The first-order valence-corrected chi connectivity index (χ1v) is 5.33. The van der Waals surface area contributed by atoms with Gasteiger partial charge in [0, 0.05) is 0 Å². The van der Waals surface area contributed by atoms with Gasteiger partial charge in [0.15, 0.2) is 17.6 Å². The number of fused-ring (bicyclic) bond motifs is 1. The normalized spacial score (nSPS) is 15.5. The zero-order valence-corrected chi connectivity index (χ0v) is 9.69. The Balaban J connectivity index is 2.55. The maximum atomic E-state index is 10.8.